The number of aryl methyl sites for hydroxylation is 1. The fourth-order valence-corrected chi connectivity index (χ4v) is 4.72. The number of amides is 3. The topological polar surface area (TPSA) is 119 Å². The second kappa shape index (κ2) is 9.30. The predicted octanol–water partition coefficient (Wildman–Crippen LogP) is 2.89. The number of fused-ring (bicyclic) bond motifs is 1. The summed E-state index contributed by atoms with van der Waals surface area (Å²) >= 11 is 0. The van der Waals surface area contributed by atoms with Gasteiger partial charge in [-0.05, 0) is 60.9 Å². The lowest BCUT2D eigenvalue weighted by atomic mass is 9.87. The maximum absolute atomic E-state index is 13.3. The largest absolute Gasteiger partial charge is 0.508 e. The summed E-state index contributed by atoms with van der Waals surface area (Å²) in [6.07, 6.45) is 2.68. The summed E-state index contributed by atoms with van der Waals surface area (Å²) in [5.41, 5.74) is 2.77. The maximum Gasteiger partial charge on any atom is 0.405 e. The molecule has 8 nitrogen and oxygen atoms in total. The number of likely N-dealkylation sites (tertiary alicyclic amines) is 1. The van der Waals surface area contributed by atoms with E-state index in [4.69, 9.17) is 0 Å². The molecule has 168 valence electrons. The van der Waals surface area contributed by atoms with Crippen LogP contribution in [0.15, 0.2) is 48.5 Å². The van der Waals surface area contributed by atoms with Crippen molar-refractivity contribution in [3.05, 3.63) is 65.2 Å². The van der Waals surface area contributed by atoms with Crippen LogP contribution < -0.4 is 10.6 Å². The van der Waals surface area contributed by atoms with Crippen LogP contribution >= 0.6 is 0 Å². The van der Waals surface area contributed by atoms with Gasteiger partial charge in [0.05, 0.1) is 6.04 Å². The second-order valence-corrected chi connectivity index (χ2v) is 8.32. The molecule has 0 aromatic heterocycles. The molecule has 1 saturated heterocycles. The summed E-state index contributed by atoms with van der Waals surface area (Å²) in [6.45, 7) is 0.383. The minimum atomic E-state index is -1.34. The van der Waals surface area contributed by atoms with Crippen LogP contribution in [0.4, 0.5) is 4.79 Å². The fraction of sp³-hybridized carbons (Fsp3) is 0.375. The molecule has 4 N–H and O–H groups in total. The summed E-state index contributed by atoms with van der Waals surface area (Å²) in [6, 6.07) is 12.0. The number of carbonyl (C=O) groups is 3. The first kappa shape index (κ1) is 21.7. The molecule has 1 aliphatic heterocycles. The van der Waals surface area contributed by atoms with E-state index in [2.05, 4.69) is 16.7 Å². The van der Waals surface area contributed by atoms with Gasteiger partial charge >= 0.3 is 6.09 Å². The van der Waals surface area contributed by atoms with Crippen molar-refractivity contribution < 1.29 is 24.6 Å². The van der Waals surface area contributed by atoms with Crippen LogP contribution in [0.3, 0.4) is 0 Å². The van der Waals surface area contributed by atoms with Gasteiger partial charge in [-0.3, -0.25) is 9.59 Å². The summed E-state index contributed by atoms with van der Waals surface area (Å²) < 4.78 is 0. The molecule has 2 aromatic rings. The molecule has 8 heteroatoms. The minimum Gasteiger partial charge on any atom is -0.508 e. The normalized spacial score (nSPS) is 20.8. The number of phenolic OH excluding ortho intramolecular Hbond substituents is 1. The van der Waals surface area contributed by atoms with Gasteiger partial charge in [0.25, 0.3) is 5.91 Å². The standard InChI is InChI=1S/C24H27N3O5/c28-17-12-10-16(11-13-17)21(26-24(31)32)23(30)27-14-4-9-20(27)22(29)25-19-8-3-6-15-5-1-2-7-18(15)19/h1-2,5,7,10-13,19-21,26,28H,3-4,6,8-9,14H2,(H,25,29)(H,31,32)/t19-,20+,21+/m1/s1. The predicted molar refractivity (Wildman–Crippen MR) is 117 cm³/mol. The number of aromatic hydroxyl groups is 1. The number of hydrogen-bond donors (Lipinski definition) is 4. The summed E-state index contributed by atoms with van der Waals surface area (Å²) in [5.74, 6) is -0.668. The third kappa shape index (κ3) is 4.54. The van der Waals surface area contributed by atoms with Crippen LogP contribution in [0.5, 0.6) is 5.75 Å². The van der Waals surface area contributed by atoms with Gasteiger partial charge in [-0.2, -0.15) is 0 Å². The number of hydrogen-bond acceptors (Lipinski definition) is 4. The lowest BCUT2D eigenvalue weighted by Gasteiger charge is -2.31. The van der Waals surface area contributed by atoms with Crippen LogP contribution in [-0.4, -0.2) is 45.6 Å². The molecular formula is C24H27N3O5. The number of benzene rings is 2. The Bertz CT molecular complexity index is 1010. The van der Waals surface area contributed by atoms with E-state index in [1.54, 1.807) is 0 Å². The third-order valence-electron chi connectivity index (χ3n) is 6.27. The van der Waals surface area contributed by atoms with Crippen LogP contribution in [0.1, 0.15) is 54.5 Å². The van der Waals surface area contributed by atoms with E-state index in [9.17, 15) is 24.6 Å². The summed E-state index contributed by atoms with van der Waals surface area (Å²) in [7, 11) is 0. The molecule has 0 bridgehead atoms. The van der Waals surface area contributed by atoms with E-state index in [0.29, 0.717) is 24.9 Å². The van der Waals surface area contributed by atoms with Crippen molar-refractivity contribution >= 4 is 17.9 Å². The molecule has 0 spiro atoms. The van der Waals surface area contributed by atoms with Gasteiger partial charge in [0, 0.05) is 6.54 Å². The van der Waals surface area contributed by atoms with Gasteiger partial charge in [0.1, 0.15) is 17.8 Å². The van der Waals surface area contributed by atoms with E-state index < -0.39 is 24.1 Å². The number of carbonyl (C=O) groups excluding carboxylic acids is 2. The zero-order chi connectivity index (χ0) is 22.7. The number of nitrogens with zero attached hydrogens (tertiary/aromatic N) is 1. The molecule has 32 heavy (non-hydrogen) atoms. The van der Waals surface area contributed by atoms with Gasteiger partial charge in [-0.25, -0.2) is 4.79 Å². The first-order valence-corrected chi connectivity index (χ1v) is 10.9. The highest BCUT2D eigenvalue weighted by Crippen LogP contribution is 2.31. The van der Waals surface area contributed by atoms with Crippen LogP contribution in [0.2, 0.25) is 0 Å². The van der Waals surface area contributed by atoms with E-state index in [1.165, 1.54) is 34.7 Å². The second-order valence-electron chi connectivity index (χ2n) is 8.32. The third-order valence-corrected chi connectivity index (χ3v) is 6.27. The van der Waals surface area contributed by atoms with Crippen molar-refractivity contribution in [3.8, 4) is 5.75 Å². The SMILES string of the molecule is O=C(O)N[C@H](C(=O)N1CCC[C@H]1C(=O)N[C@@H]1CCCc2ccccc21)c1ccc(O)cc1. The summed E-state index contributed by atoms with van der Waals surface area (Å²) in [4.78, 5) is 39.3. The molecule has 0 unspecified atom stereocenters. The smallest absolute Gasteiger partial charge is 0.405 e. The van der Waals surface area contributed by atoms with Crippen molar-refractivity contribution in [2.75, 3.05) is 6.54 Å². The van der Waals surface area contributed by atoms with Gasteiger partial charge in [0.2, 0.25) is 5.91 Å². The van der Waals surface area contributed by atoms with Crippen LogP contribution in [0, 0.1) is 0 Å². The number of rotatable bonds is 5. The molecule has 1 fully saturated rings. The fourth-order valence-electron chi connectivity index (χ4n) is 4.72. The molecule has 4 rings (SSSR count). The van der Waals surface area contributed by atoms with E-state index in [1.807, 2.05) is 18.2 Å². The van der Waals surface area contributed by atoms with Crippen molar-refractivity contribution in [2.45, 2.75) is 50.2 Å². The summed E-state index contributed by atoms with van der Waals surface area (Å²) in [5, 5.41) is 24.2. The Kier molecular flexibility index (Phi) is 6.30. The molecule has 3 atom stereocenters. The average Bonchev–Trinajstić information content (AvgIpc) is 3.28. The zero-order valence-corrected chi connectivity index (χ0v) is 17.7. The molecule has 3 amide bonds. The zero-order valence-electron chi connectivity index (χ0n) is 17.7. The van der Waals surface area contributed by atoms with Crippen molar-refractivity contribution in [3.63, 3.8) is 0 Å². The highest BCUT2D eigenvalue weighted by atomic mass is 16.4. The van der Waals surface area contributed by atoms with E-state index >= 15 is 0 Å². The molecule has 1 heterocycles. The van der Waals surface area contributed by atoms with Gasteiger partial charge in [-0.1, -0.05) is 36.4 Å². The minimum absolute atomic E-state index is 0.0152. The average molecular weight is 437 g/mol. The first-order valence-electron chi connectivity index (χ1n) is 10.9. The number of phenols is 1. The van der Waals surface area contributed by atoms with Crippen molar-refractivity contribution in [1.82, 2.24) is 15.5 Å². The molecule has 1 aliphatic carbocycles. The molecule has 2 aromatic carbocycles. The lowest BCUT2D eigenvalue weighted by Crippen LogP contribution is -2.50. The maximum atomic E-state index is 13.3. The Hall–Kier alpha value is -3.55. The van der Waals surface area contributed by atoms with Crippen LogP contribution in [-0.2, 0) is 16.0 Å². The quantitative estimate of drug-likeness (QED) is 0.574. The first-order chi connectivity index (χ1) is 15.4. The van der Waals surface area contributed by atoms with Gasteiger partial charge in [0.15, 0.2) is 0 Å². The van der Waals surface area contributed by atoms with Gasteiger partial charge in [-0.15, -0.1) is 0 Å². The number of carboxylic acid groups (broad SMARTS) is 1. The number of nitrogens with one attached hydrogen (secondary N) is 2. The highest BCUT2D eigenvalue weighted by molar-refractivity contribution is 5.92. The van der Waals surface area contributed by atoms with E-state index in [0.717, 1.165) is 24.8 Å². The molecule has 2 aliphatic rings. The van der Waals surface area contributed by atoms with E-state index in [-0.39, 0.29) is 17.7 Å². The lowest BCUT2D eigenvalue weighted by molar-refractivity contribution is -0.140. The monoisotopic (exact) mass is 437 g/mol. The Morgan fingerprint density at radius 3 is 2.50 bits per heavy atom. The Labute approximate surface area is 186 Å². The molecule has 0 saturated carbocycles. The molecular weight excluding hydrogens is 410 g/mol. The van der Waals surface area contributed by atoms with Crippen LogP contribution in [0.25, 0.3) is 0 Å². The van der Waals surface area contributed by atoms with Crippen molar-refractivity contribution in [1.29, 1.82) is 0 Å². The van der Waals surface area contributed by atoms with Gasteiger partial charge < -0.3 is 25.7 Å². The Morgan fingerprint density at radius 2 is 1.75 bits per heavy atom. The van der Waals surface area contributed by atoms with Crippen molar-refractivity contribution in [2.24, 2.45) is 0 Å². The highest BCUT2D eigenvalue weighted by Gasteiger charge is 2.39. The Balaban J connectivity index is 1.51. The molecule has 0 radical (unpaired) electrons. The Morgan fingerprint density at radius 1 is 1.00 bits per heavy atom.